The second kappa shape index (κ2) is 6.66. The lowest BCUT2D eigenvalue weighted by Gasteiger charge is -2.28. The SMILES string of the molecule is CC(C)(C)OC(=O)NN(C(=O)OC(C)(C)C)c1ccc2ccoc2c1. The molecule has 0 saturated carbocycles. The zero-order valence-corrected chi connectivity index (χ0v) is 15.4. The highest BCUT2D eigenvalue weighted by atomic mass is 16.6. The number of nitrogens with zero attached hydrogens (tertiary/aromatic N) is 1. The molecule has 0 fully saturated rings. The third-order valence-electron chi connectivity index (χ3n) is 2.88. The Morgan fingerprint density at radius 3 is 2.24 bits per heavy atom. The number of rotatable bonds is 1. The van der Waals surface area contributed by atoms with Crippen molar-refractivity contribution in [3.63, 3.8) is 0 Å². The number of carbonyl (C=O) groups is 2. The summed E-state index contributed by atoms with van der Waals surface area (Å²) < 4.78 is 15.9. The van der Waals surface area contributed by atoms with E-state index in [1.807, 2.05) is 0 Å². The molecule has 0 bridgehead atoms. The van der Waals surface area contributed by atoms with Crippen molar-refractivity contribution in [1.29, 1.82) is 0 Å². The monoisotopic (exact) mass is 348 g/mol. The number of benzene rings is 1. The van der Waals surface area contributed by atoms with Gasteiger partial charge in [-0.1, -0.05) is 0 Å². The minimum atomic E-state index is -0.766. The lowest BCUT2D eigenvalue weighted by molar-refractivity contribution is 0.0425. The van der Waals surface area contributed by atoms with Crippen LogP contribution in [-0.2, 0) is 9.47 Å². The maximum absolute atomic E-state index is 12.5. The molecular formula is C18H24N2O5. The van der Waals surface area contributed by atoms with Gasteiger partial charge in [-0.15, -0.1) is 0 Å². The second-order valence-corrected chi connectivity index (χ2v) is 7.57. The first kappa shape index (κ1) is 18.6. The zero-order chi connectivity index (χ0) is 18.8. The highest BCUT2D eigenvalue weighted by Gasteiger charge is 2.27. The van der Waals surface area contributed by atoms with E-state index in [9.17, 15) is 9.59 Å². The van der Waals surface area contributed by atoms with Crippen LogP contribution in [0.5, 0.6) is 0 Å². The molecule has 0 aliphatic heterocycles. The summed E-state index contributed by atoms with van der Waals surface area (Å²) in [5, 5.41) is 1.88. The third-order valence-corrected chi connectivity index (χ3v) is 2.88. The van der Waals surface area contributed by atoms with Crippen molar-refractivity contribution in [3.05, 3.63) is 30.5 Å². The summed E-state index contributed by atoms with van der Waals surface area (Å²) in [5.41, 5.74) is 1.97. The molecule has 2 aromatic rings. The number of fused-ring (bicyclic) bond motifs is 1. The van der Waals surface area contributed by atoms with E-state index in [-0.39, 0.29) is 0 Å². The van der Waals surface area contributed by atoms with Gasteiger partial charge in [0.1, 0.15) is 16.8 Å². The van der Waals surface area contributed by atoms with Crippen LogP contribution in [0.3, 0.4) is 0 Å². The number of hydrogen-bond acceptors (Lipinski definition) is 5. The van der Waals surface area contributed by atoms with Gasteiger partial charge in [-0.2, -0.15) is 5.01 Å². The number of hydrazine groups is 1. The van der Waals surface area contributed by atoms with Crippen molar-refractivity contribution < 1.29 is 23.5 Å². The van der Waals surface area contributed by atoms with Crippen LogP contribution in [0.1, 0.15) is 41.5 Å². The van der Waals surface area contributed by atoms with Crippen LogP contribution in [0.15, 0.2) is 34.9 Å². The fraction of sp³-hybridized carbons (Fsp3) is 0.444. The number of hydrogen-bond donors (Lipinski definition) is 1. The number of anilines is 1. The molecule has 1 heterocycles. The summed E-state index contributed by atoms with van der Waals surface area (Å²) in [6, 6.07) is 6.90. The Balaban J connectivity index is 2.30. The maximum Gasteiger partial charge on any atom is 0.434 e. The van der Waals surface area contributed by atoms with Gasteiger partial charge in [-0.3, -0.25) is 0 Å². The predicted octanol–water partition coefficient (Wildman–Crippen LogP) is 4.61. The Bertz CT molecular complexity index is 768. The van der Waals surface area contributed by atoms with Gasteiger partial charge in [0.15, 0.2) is 0 Å². The van der Waals surface area contributed by atoms with Crippen molar-refractivity contribution >= 4 is 28.8 Å². The Hall–Kier alpha value is -2.70. The summed E-state index contributed by atoms with van der Waals surface area (Å²) in [4.78, 5) is 24.7. The smallest absolute Gasteiger partial charge is 0.434 e. The van der Waals surface area contributed by atoms with Gasteiger partial charge >= 0.3 is 12.2 Å². The van der Waals surface area contributed by atoms with Gasteiger partial charge < -0.3 is 13.9 Å². The van der Waals surface area contributed by atoms with Gasteiger partial charge in [0, 0.05) is 11.5 Å². The number of ether oxygens (including phenoxy) is 2. The largest absolute Gasteiger partial charge is 0.464 e. The van der Waals surface area contributed by atoms with Crippen molar-refractivity contribution in [3.8, 4) is 0 Å². The molecule has 0 unspecified atom stereocenters. The standard InChI is InChI=1S/C18H24N2O5/c1-17(2,3)24-15(21)19-20(16(22)25-18(4,5)6)13-8-7-12-9-10-23-14(12)11-13/h7-11H,1-6H3,(H,19,21). The topological polar surface area (TPSA) is 81.0 Å². The van der Waals surface area contributed by atoms with Gasteiger partial charge in [0.2, 0.25) is 0 Å². The number of carbonyl (C=O) groups excluding carboxylic acids is 2. The number of furan rings is 1. The van der Waals surface area contributed by atoms with Gasteiger partial charge in [-0.25, -0.2) is 15.0 Å². The van der Waals surface area contributed by atoms with Crippen molar-refractivity contribution in [2.45, 2.75) is 52.7 Å². The molecule has 2 rings (SSSR count). The Labute approximate surface area is 146 Å². The molecule has 7 heteroatoms. The van der Waals surface area contributed by atoms with Crippen LogP contribution in [0.4, 0.5) is 15.3 Å². The second-order valence-electron chi connectivity index (χ2n) is 7.57. The molecule has 1 aromatic carbocycles. The molecule has 0 radical (unpaired) electrons. The van der Waals surface area contributed by atoms with E-state index in [1.54, 1.807) is 72.1 Å². The first-order valence-corrected chi connectivity index (χ1v) is 7.95. The summed E-state index contributed by atoms with van der Waals surface area (Å²) in [5.74, 6) is 0. The lowest BCUT2D eigenvalue weighted by atomic mass is 10.2. The van der Waals surface area contributed by atoms with Crippen molar-refractivity contribution in [2.24, 2.45) is 0 Å². The molecule has 25 heavy (non-hydrogen) atoms. The summed E-state index contributed by atoms with van der Waals surface area (Å²) >= 11 is 0. The Morgan fingerprint density at radius 2 is 1.64 bits per heavy atom. The zero-order valence-electron chi connectivity index (χ0n) is 15.4. The molecule has 1 aromatic heterocycles. The molecular weight excluding hydrogens is 324 g/mol. The lowest BCUT2D eigenvalue weighted by Crippen LogP contribution is -2.50. The van der Waals surface area contributed by atoms with Crippen molar-refractivity contribution in [1.82, 2.24) is 5.43 Å². The van der Waals surface area contributed by atoms with Crippen LogP contribution in [0.25, 0.3) is 11.0 Å². The molecule has 0 atom stereocenters. The molecule has 1 N–H and O–H groups in total. The van der Waals surface area contributed by atoms with Crippen LogP contribution in [0.2, 0.25) is 0 Å². The fourth-order valence-electron chi connectivity index (χ4n) is 2.00. The predicted molar refractivity (Wildman–Crippen MR) is 94.3 cm³/mol. The molecule has 2 amide bonds. The van der Waals surface area contributed by atoms with Crippen LogP contribution >= 0.6 is 0 Å². The molecule has 0 aliphatic rings. The highest BCUT2D eigenvalue weighted by molar-refractivity contribution is 5.93. The summed E-state index contributed by atoms with van der Waals surface area (Å²) in [6.07, 6.45) is 0.0512. The Morgan fingerprint density at radius 1 is 1.00 bits per heavy atom. The van der Waals surface area contributed by atoms with Gasteiger partial charge in [-0.05, 0) is 59.7 Å². The normalized spacial score (nSPS) is 11.9. The van der Waals surface area contributed by atoms with Gasteiger partial charge in [0.25, 0.3) is 0 Å². The van der Waals surface area contributed by atoms with Crippen molar-refractivity contribution in [2.75, 3.05) is 5.01 Å². The minimum Gasteiger partial charge on any atom is -0.464 e. The minimum absolute atomic E-state index is 0.391. The average molecular weight is 348 g/mol. The highest BCUT2D eigenvalue weighted by Crippen LogP contribution is 2.24. The Kier molecular flexibility index (Phi) is 4.97. The van der Waals surface area contributed by atoms with Crippen LogP contribution < -0.4 is 10.4 Å². The fourth-order valence-corrected chi connectivity index (χ4v) is 2.00. The van der Waals surface area contributed by atoms with E-state index in [2.05, 4.69) is 5.43 Å². The van der Waals surface area contributed by atoms with Crippen LogP contribution in [-0.4, -0.2) is 23.4 Å². The van der Waals surface area contributed by atoms with E-state index in [1.165, 1.54) is 0 Å². The van der Waals surface area contributed by atoms with E-state index < -0.39 is 23.4 Å². The first-order chi connectivity index (χ1) is 11.4. The van der Waals surface area contributed by atoms with E-state index in [0.29, 0.717) is 11.3 Å². The van der Waals surface area contributed by atoms with E-state index >= 15 is 0 Å². The first-order valence-electron chi connectivity index (χ1n) is 7.95. The molecule has 7 nitrogen and oxygen atoms in total. The van der Waals surface area contributed by atoms with E-state index in [4.69, 9.17) is 13.9 Å². The number of amides is 2. The molecule has 0 spiro atoms. The molecule has 0 saturated heterocycles. The molecule has 136 valence electrons. The number of nitrogens with one attached hydrogen (secondary N) is 1. The maximum atomic E-state index is 12.5. The van der Waals surface area contributed by atoms with Crippen LogP contribution in [0, 0.1) is 0 Å². The third kappa shape index (κ3) is 5.41. The van der Waals surface area contributed by atoms with E-state index in [0.717, 1.165) is 10.4 Å². The molecule has 0 aliphatic carbocycles. The summed E-state index contributed by atoms with van der Waals surface area (Å²) in [7, 11) is 0. The quantitative estimate of drug-likeness (QED) is 0.761. The average Bonchev–Trinajstić information content (AvgIpc) is 2.88. The summed E-state index contributed by atoms with van der Waals surface area (Å²) in [6.45, 7) is 10.4. The van der Waals surface area contributed by atoms with Gasteiger partial charge in [0.05, 0.1) is 12.0 Å².